The van der Waals surface area contributed by atoms with E-state index in [4.69, 9.17) is 11.6 Å². The zero-order chi connectivity index (χ0) is 12.3. The maximum atomic E-state index is 12.1. The largest absolute Gasteiger partial charge is 0.342 e. The minimum absolute atomic E-state index is 0.204. The molecule has 0 N–H and O–H groups in total. The van der Waals surface area contributed by atoms with Gasteiger partial charge in [-0.2, -0.15) is 0 Å². The SMILES string of the molecule is O=C(Cc1cccc(Br)c1)N1CCC(CCl)C1. The summed E-state index contributed by atoms with van der Waals surface area (Å²) in [6.07, 6.45) is 1.52. The highest BCUT2D eigenvalue weighted by Crippen LogP contribution is 2.19. The van der Waals surface area contributed by atoms with Crippen molar-refractivity contribution in [3.05, 3.63) is 34.3 Å². The van der Waals surface area contributed by atoms with Gasteiger partial charge in [-0.25, -0.2) is 0 Å². The molecule has 0 aliphatic carbocycles. The molecule has 0 bridgehead atoms. The molecule has 1 fully saturated rings. The smallest absolute Gasteiger partial charge is 0.227 e. The molecule has 1 unspecified atom stereocenters. The van der Waals surface area contributed by atoms with E-state index in [1.807, 2.05) is 29.2 Å². The topological polar surface area (TPSA) is 20.3 Å². The van der Waals surface area contributed by atoms with Gasteiger partial charge in [-0.05, 0) is 30.0 Å². The Kier molecular flexibility index (Phi) is 4.46. The zero-order valence-corrected chi connectivity index (χ0v) is 11.9. The van der Waals surface area contributed by atoms with Crippen LogP contribution in [0.1, 0.15) is 12.0 Å². The van der Waals surface area contributed by atoms with Crippen molar-refractivity contribution in [1.82, 2.24) is 4.90 Å². The molecule has 1 aromatic rings. The summed E-state index contributed by atoms with van der Waals surface area (Å²) in [4.78, 5) is 14.0. The lowest BCUT2D eigenvalue weighted by atomic mass is 10.1. The lowest BCUT2D eigenvalue weighted by Crippen LogP contribution is -2.30. The Hall–Kier alpha value is -0.540. The first-order chi connectivity index (χ1) is 8.19. The molecule has 1 saturated heterocycles. The van der Waals surface area contributed by atoms with Crippen LogP contribution in [0.2, 0.25) is 0 Å². The van der Waals surface area contributed by atoms with E-state index in [1.54, 1.807) is 0 Å². The summed E-state index contributed by atoms with van der Waals surface area (Å²) in [7, 11) is 0. The first-order valence-electron chi connectivity index (χ1n) is 5.77. The molecule has 92 valence electrons. The Morgan fingerprint density at radius 3 is 3.00 bits per heavy atom. The van der Waals surface area contributed by atoms with Crippen LogP contribution in [-0.4, -0.2) is 29.8 Å². The van der Waals surface area contributed by atoms with Gasteiger partial charge in [-0.3, -0.25) is 4.79 Å². The van der Waals surface area contributed by atoms with Gasteiger partial charge in [0.25, 0.3) is 0 Å². The summed E-state index contributed by atoms with van der Waals surface area (Å²) in [5.74, 6) is 1.33. The fourth-order valence-electron chi connectivity index (χ4n) is 2.12. The van der Waals surface area contributed by atoms with Crippen molar-refractivity contribution in [3.8, 4) is 0 Å². The number of alkyl halides is 1. The second-order valence-electron chi connectivity index (χ2n) is 4.46. The Bertz CT molecular complexity index is 410. The standard InChI is InChI=1S/C13H15BrClNO/c14-12-3-1-2-10(6-12)7-13(17)16-5-4-11(8-15)9-16/h1-3,6,11H,4-5,7-9H2. The van der Waals surface area contributed by atoms with E-state index in [-0.39, 0.29) is 5.91 Å². The van der Waals surface area contributed by atoms with E-state index in [0.717, 1.165) is 29.5 Å². The molecule has 1 atom stereocenters. The van der Waals surface area contributed by atoms with Crippen molar-refractivity contribution in [2.75, 3.05) is 19.0 Å². The molecule has 1 heterocycles. The Morgan fingerprint density at radius 2 is 2.35 bits per heavy atom. The Morgan fingerprint density at radius 1 is 1.53 bits per heavy atom. The van der Waals surface area contributed by atoms with E-state index in [2.05, 4.69) is 15.9 Å². The number of benzene rings is 1. The van der Waals surface area contributed by atoms with Crippen LogP contribution in [-0.2, 0) is 11.2 Å². The molecule has 17 heavy (non-hydrogen) atoms. The van der Waals surface area contributed by atoms with Gasteiger partial charge in [0, 0.05) is 23.4 Å². The van der Waals surface area contributed by atoms with E-state index in [0.29, 0.717) is 18.2 Å². The summed E-state index contributed by atoms with van der Waals surface area (Å²) >= 11 is 9.23. The number of halogens is 2. The van der Waals surface area contributed by atoms with Crippen molar-refractivity contribution >= 4 is 33.4 Å². The van der Waals surface area contributed by atoms with Crippen molar-refractivity contribution in [1.29, 1.82) is 0 Å². The van der Waals surface area contributed by atoms with Crippen molar-refractivity contribution in [2.24, 2.45) is 5.92 Å². The van der Waals surface area contributed by atoms with Gasteiger partial charge in [0.2, 0.25) is 5.91 Å². The molecule has 0 radical (unpaired) electrons. The van der Waals surface area contributed by atoms with Crippen molar-refractivity contribution in [3.63, 3.8) is 0 Å². The van der Waals surface area contributed by atoms with Crippen molar-refractivity contribution in [2.45, 2.75) is 12.8 Å². The Balaban J connectivity index is 1.93. The summed E-state index contributed by atoms with van der Waals surface area (Å²) in [5.41, 5.74) is 1.05. The lowest BCUT2D eigenvalue weighted by Gasteiger charge is -2.16. The highest BCUT2D eigenvalue weighted by atomic mass is 79.9. The molecule has 1 amide bonds. The Labute approximate surface area is 115 Å². The van der Waals surface area contributed by atoms with E-state index in [9.17, 15) is 4.79 Å². The van der Waals surface area contributed by atoms with Crippen LogP contribution in [0.15, 0.2) is 28.7 Å². The molecule has 2 rings (SSSR count). The van der Waals surface area contributed by atoms with Crippen LogP contribution in [0.25, 0.3) is 0 Å². The minimum atomic E-state index is 0.204. The van der Waals surface area contributed by atoms with E-state index < -0.39 is 0 Å². The summed E-state index contributed by atoms with van der Waals surface area (Å²) in [6, 6.07) is 7.90. The maximum absolute atomic E-state index is 12.1. The van der Waals surface area contributed by atoms with Gasteiger partial charge < -0.3 is 4.90 Å². The fourth-order valence-corrected chi connectivity index (χ4v) is 2.82. The summed E-state index contributed by atoms with van der Waals surface area (Å²) in [6.45, 7) is 1.67. The van der Waals surface area contributed by atoms with Gasteiger partial charge in [-0.15, -0.1) is 11.6 Å². The quantitative estimate of drug-likeness (QED) is 0.785. The van der Waals surface area contributed by atoms with Crippen molar-refractivity contribution < 1.29 is 4.79 Å². The molecule has 2 nitrogen and oxygen atoms in total. The third-order valence-corrected chi connectivity index (χ3v) is 4.03. The molecular formula is C13H15BrClNO. The molecular weight excluding hydrogens is 302 g/mol. The predicted octanol–water partition coefficient (Wildman–Crippen LogP) is 3.08. The first kappa shape index (κ1) is 12.9. The average molecular weight is 317 g/mol. The summed E-state index contributed by atoms with van der Waals surface area (Å²) < 4.78 is 1.02. The number of hydrogen-bond donors (Lipinski definition) is 0. The van der Waals surface area contributed by atoms with Gasteiger partial charge in [0.05, 0.1) is 6.42 Å². The van der Waals surface area contributed by atoms with Gasteiger partial charge in [-0.1, -0.05) is 28.1 Å². The number of carbonyl (C=O) groups is 1. The molecule has 0 aromatic heterocycles. The van der Waals surface area contributed by atoms with E-state index >= 15 is 0 Å². The molecule has 0 spiro atoms. The lowest BCUT2D eigenvalue weighted by molar-refractivity contribution is -0.129. The highest BCUT2D eigenvalue weighted by Gasteiger charge is 2.25. The number of nitrogens with zero attached hydrogens (tertiary/aromatic N) is 1. The number of likely N-dealkylation sites (tertiary alicyclic amines) is 1. The molecule has 1 aliphatic heterocycles. The third-order valence-electron chi connectivity index (χ3n) is 3.10. The van der Waals surface area contributed by atoms with Crippen LogP contribution < -0.4 is 0 Å². The van der Waals surface area contributed by atoms with Gasteiger partial charge >= 0.3 is 0 Å². The van der Waals surface area contributed by atoms with Gasteiger partial charge in [0.1, 0.15) is 0 Å². The van der Waals surface area contributed by atoms with Crippen LogP contribution in [0.3, 0.4) is 0 Å². The number of rotatable bonds is 3. The average Bonchev–Trinajstić information content (AvgIpc) is 2.77. The minimum Gasteiger partial charge on any atom is -0.342 e. The van der Waals surface area contributed by atoms with Crippen LogP contribution in [0, 0.1) is 5.92 Å². The summed E-state index contributed by atoms with van der Waals surface area (Å²) in [5, 5.41) is 0. The molecule has 1 aromatic carbocycles. The second-order valence-corrected chi connectivity index (χ2v) is 5.68. The molecule has 4 heteroatoms. The van der Waals surface area contributed by atoms with Gasteiger partial charge in [0.15, 0.2) is 0 Å². The predicted molar refractivity (Wildman–Crippen MR) is 73.3 cm³/mol. The molecule has 1 aliphatic rings. The fraction of sp³-hybridized carbons (Fsp3) is 0.462. The zero-order valence-electron chi connectivity index (χ0n) is 9.53. The van der Waals surface area contributed by atoms with Crippen LogP contribution in [0.4, 0.5) is 0 Å². The van der Waals surface area contributed by atoms with E-state index in [1.165, 1.54) is 0 Å². The monoisotopic (exact) mass is 315 g/mol. The number of hydrogen-bond acceptors (Lipinski definition) is 1. The highest BCUT2D eigenvalue weighted by molar-refractivity contribution is 9.10. The normalized spacial score (nSPS) is 19.6. The molecule has 0 saturated carbocycles. The third kappa shape index (κ3) is 3.46. The van der Waals surface area contributed by atoms with Crippen LogP contribution in [0.5, 0.6) is 0 Å². The maximum Gasteiger partial charge on any atom is 0.227 e. The first-order valence-corrected chi connectivity index (χ1v) is 7.10. The number of carbonyl (C=O) groups excluding carboxylic acids is 1. The second kappa shape index (κ2) is 5.87. The number of amides is 1. The van der Waals surface area contributed by atoms with Crippen LogP contribution >= 0.6 is 27.5 Å².